The van der Waals surface area contributed by atoms with E-state index in [2.05, 4.69) is 0 Å². The minimum Gasteiger partial charge on any atom is -0.387 e. The van der Waals surface area contributed by atoms with Gasteiger partial charge < -0.3 is 5.11 Å². The second-order valence-corrected chi connectivity index (χ2v) is 3.72. The van der Waals surface area contributed by atoms with Crippen LogP contribution >= 0.6 is 34.8 Å². The van der Waals surface area contributed by atoms with Gasteiger partial charge in [-0.1, -0.05) is 12.2 Å². The maximum atomic E-state index is 9.10. The average molecular weight is 201 g/mol. The second-order valence-electron chi connectivity index (χ2n) is 2.21. The Hall–Kier alpha value is 0.570. The van der Waals surface area contributed by atoms with Crippen molar-refractivity contribution in [2.45, 2.75) is 22.2 Å². The molecule has 4 heteroatoms. The number of halogens is 3. The molecule has 1 aliphatic carbocycles. The summed E-state index contributed by atoms with van der Waals surface area (Å²) in [6.45, 7) is 0. The highest BCUT2D eigenvalue weighted by Crippen LogP contribution is 2.26. The first kappa shape index (κ1) is 8.66. The van der Waals surface area contributed by atoms with Gasteiger partial charge in [0.15, 0.2) is 0 Å². The van der Waals surface area contributed by atoms with E-state index in [1.165, 1.54) is 0 Å². The fraction of sp³-hybridized carbons (Fsp3) is 0.667. The van der Waals surface area contributed by atoms with Crippen LogP contribution in [0.5, 0.6) is 0 Å². The quantitative estimate of drug-likeness (QED) is 0.468. The van der Waals surface area contributed by atoms with Crippen molar-refractivity contribution in [1.82, 2.24) is 0 Å². The molecule has 1 N–H and O–H groups in total. The lowest BCUT2D eigenvalue weighted by Gasteiger charge is -2.25. The molecule has 0 fully saturated rings. The summed E-state index contributed by atoms with van der Waals surface area (Å²) in [6.07, 6.45) is 2.55. The van der Waals surface area contributed by atoms with E-state index in [0.717, 1.165) is 0 Å². The third kappa shape index (κ3) is 1.59. The van der Waals surface area contributed by atoms with E-state index in [1.54, 1.807) is 12.2 Å². The minimum absolute atomic E-state index is 0.271. The highest BCUT2D eigenvalue weighted by Gasteiger charge is 2.31. The predicted molar refractivity (Wildman–Crippen MR) is 44.1 cm³/mol. The Balaban J connectivity index is 2.69. The summed E-state index contributed by atoms with van der Waals surface area (Å²) in [5.41, 5.74) is 0. The number of allylic oxidation sites excluding steroid dienone is 1. The molecule has 58 valence electrons. The maximum Gasteiger partial charge on any atom is 0.0900 e. The van der Waals surface area contributed by atoms with Gasteiger partial charge in [-0.05, 0) is 0 Å². The third-order valence-electron chi connectivity index (χ3n) is 1.43. The minimum atomic E-state index is -0.667. The smallest absolute Gasteiger partial charge is 0.0900 e. The van der Waals surface area contributed by atoms with Gasteiger partial charge in [0, 0.05) is 0 Å². The molecule has 0 aromatic carbocycles. The summed E-state index contributed by atoms with van der Waals surface area (Å²) in [7, 11) is 0. The number of aliphatic hydroxyl groups excluding tert-OH is 1. The Morgan fingerprint density at radius 2 is 1.60 bits per heavy atom. The van der Waals surface area contributed by atoms with Crippen molar-refractivity contribution in [3.8, 4) is 0 Å². The van der Waals surface area contributed by atoms with Crippen molar-refractivity contribution in [2.24, 2.45) is 0 Å². The number of alkyl halides is 3. The van der Waals surface area contributed by atoms with Crippen LogP contribution in [0.25, 0.3) is 0 Å². The lowest BCUT2D eigenvalue weighted by atomic mass is 10.0. The Bertz CT molecular complexity index is 132. The molecule has 0 aromatic rings. The van der Waals surface area contributed by atoms with Crippen LogP contribution in [0.1, 0.15) is 0 Å². The molecule has 10 heavy (non-hydrogen) atoms. The standard InChI is InChI=1S/C6H7Cl3O/c7-3-1-2-4(10)6(9)5(3)8/h1-6,10H/t3-,4-,5-,6-/m0/s1. The van der Waals surface area contributed by atoms with Gasteiger partial charge >= 0.3 is 0 Å². The number of hydrogen-bond acceptors (Lipinski definition) is 1. The summed E-state index contributed by atoms with van der Waals surface area (Å²) in [6, 6.07) is 0. The van der Waals surface area contributed by atoms with Crippen LogP contribution in [0.3, 0.4) is 0 Å². The van der Waals surface area contributed by atoms with Gasteiger partial charge in [0.05, 0.1) is 22.2 Å². The molecule has 4 atom stereocenters. The molecule has 1 nitrogen and oxygen atoms in total. The molecule has 0 saturated heterocycles. The molecule has 0 radical (unpaired) electrons. The van der Waals surface area contributed by atoms with Gasteiger partial charge in [0.1, 0.15) is 0 Å². The Morgan fingerprint density at radius 3 is 2.10 bits per heavy atom. The first-order chi connectivity index (χ1) is 4.63. The van der Waals surface area contributed by atoms with Crippen LogP contribution in [-0.2, 0) is 0 Å². The molecule has 0 amide bonds. The molecular weight excluding hydrogens is 194 g/mol. The van der Waals surface area contributed by atoms with Gasteiger partial charge in [-0.3, -0.25) is 0 Å². The predicted octanol–water partition coefficient (Wildman–Crippen LogP) is 1.74. The van der Waals surface area contributed by atoms with E-state index in [-0.39, 0.29) is 10.8 Å². The fourth-order valence-corrected chi connectivity index (χ4v) is 1.59. The van der Waals surface area contributed by atoms with E-state index in [4.69, 9.17) is 39.9 Å². The highest BCUT2D eigenvalue weighted by molar-refractivity contribution is 6.36. The molecule has 0 aliphatic heterocycles. The topological polar surface area (TPSA) is 20.2 Å². The summed E-state index contributed by atoms with van der Waals surface area (Å²) >= 11 is 17.1. The summed E-state index contributed by atoms with van der Waals surface area (Å²) in [5.74, 6) is 0. The molecule has 0 aromatic heterocycles. The Kier molecular flexibility index (Phi) is 2.87. The van der Waals surface area contributed by atoms with Crippen LogP contribution in [0.2, 0.25) is 0 Å². The summed E-state index contributed by atoms with van der Waals surface area (Å²) < 4.78 is 0. The fourth-order valence-electron chi connectivity index (χ4n) is 0.796. The molecular formula is C6H7Cl3O. The van der Waals surface area contributed by atoms with E-state index in [9.17, 15) is 0 Å². The van der Waals surface area contributed by atoms with Crippen molar-refractivity contribution in [1.29, 1.82) is 0 Å². The number of rotatable bonds is 0. The van der Waals surface area contributed by atoms with Crippen molar-refractivity contribution >= 4 is 34.8 Å². The Labute approximate surface area is 74.6 Å². The van der Waals surface area contributed by atoms with Crippen LogP contribution < -0.4 is 0 Å². The van der Waals surface area contributed by atoms with E-state index < -0.39 is 11.5 Å². The zero-order valence-electron chi connectivity index (χ0n) is 5.05. The zero-order chi connectivity index (χ0) is 7.72. The molecule has 0 saturated carbocycles. The van der Waals surface area contributed by atoms with E-state index >= 15 is 0 Å². The zero-order valence-corrected chi connectivity index (χ0v) is 7.31. The SMILES string of the molecule is O[C@H]1C=C[C@H](Cl)[C@H](Cl)[C@H]1Cl. The summed E-state index contributed by atoms with van der Waals surface area (Å²) in [4.78, 5) is 0. The molecule has 0 spiro atoms. The molecule has 0 unspecified atom stereocenters. The molecule has 1 rings (SSSR count). The lowest BCUT2D eigenvalue weighted by molar-refractivity contribution is 0.210. The van der Waals surface area contributed by atoms with Crippen molar-refractivity contribution < 1.29 is 5.11 Å². The second kappa shape index (κ2) is 3.31. The van der Waals surface area contributed by atoms with E-state index in [0.29, 0.717) is 0 Å². The average Bonchev–Trinajstić information content (AvgIpc) is 1.93. The summed E-state index contributed by atoms with van der Waals surface area (Å²) in [5, 5.41) is 7.97. The molecule has 1 aliphatic rings. The van der Waals surface area contributed by atoms with Gasteiger partial charge in [0.2, 0.25) is 0 Å². The van der Waals surface area contributed by atoms with Crippen LogP contribution in [0.15, 0.2) is 12.2 Å². The van der Waals surface area contributed by atoms with Gasteiger partial charge in [-0.2, -0.15) is 0 Å². The first-order valence-electron chi connectivity index (χ1n) is 2.91. The van der Waals surface area contributed by atoms with Crippen molar-refractivity contribution in [3.63, 3.8) is 0 Å². The lowest BCUT2D eigenvalue weighted by Crippen LogP contribution is -2.36. The molecule has 0 heterocycles. The Morgan fingerprint density at radius 1 is 1.00 bits per heavy atom. The maximum absolute atomic E-state index is 9.10. The largest absolute Gasteiger partial charge is 0.387 e. The normalized spacial score (nSPS) is 47.6. The monoisotopic (exact) mass is 200 g/mol. The van der Waals surface area contributed by atoms with E-state index in [1.807, 2.05) is 0 Å². The van der Waals surface area contributed by atoms with Gasteiger partial charge in [-0.15, -0.1) is 34.8 Å². The van der Waals surface area contributed by atoms with Crippen molar-refractivity contribution in [2.75, 3.05) is 0 Å². The van der Waals surface area contributed by atoms with Crippen LogP contribution in [0.4, 0.5) is 0 Å². The van der Waals surface area contributed by atoms with Gasteiger partial charge in [-0.25, -0.2) is 0 Å². The molecule has 0 bridgehead atoms. The highest BCUT2D eigenvalue weighted by atomic mass is 35.5. The van der Waals surface area contributed by atoms with Crippen LogP contribution in [0, 0.1) is 0 Å². The van der Waals surface area contributed by atoms with Crippen LogP contribution in [-0.4, -0.2) is 27.3 Å². The van der Waals surface area contributed by atoms with Gasteiger partial charge in [0.25, 0.3) is 0 Å². The van der Waals surface area contributed by atoms with Crippen molar-refractivity contribution in [3.05, 3.63) is 12.2 Å². The number of hydrogen-bond donors (Lipinski definition) is 1. The first-order valence-corrected chi connectivity index (χ1v) is 4.22. The third-order valence-corrected chi connectivity index (χ3v) is 3.17. The number of aliphatic hydroxyl groups is 1.